The first kappa shape index (κ1) is 21.7. The summed E-state index contributed by atoms with van der Waals surface area (Å²) in [7, 11) is 3.18. The van der Waals surface area contributed by atoms with E-state index >= 15 is 0 Å². The summed E-state index contributed by atoms with van der Waals surface area (Å²) in [5.41, 5.74) is 0.622. The average molecular weight is 392 g/mol. The maximum atomic E-state index is 12.4. The highest BCUT2D eigenvalue weighted by molar-refractivity contribution is 5.94. The third-order valence-electron chi connectivity index (χ3n) is 4.87. The molecule has 154 valence electrons. The molecule has 0 saturated carbocycles. The smallest absolute Gasteiger partial charge is 0.309 e. The summed E-state index contributed by atoms with van der Waals surface area (Å²) in [5, 5.41) is 2.77. The average Bonchev–Trinajstić information content (AvgIpc) is 2.68. The van der Waals surface area contributed by atoms with Crippen LogP contribution in [0.2, 0.25) is 0 Å². The molecule has 0 spiro atoms. The Labute approximate surface area is 165 Å². The number of carbonyl (C=O) groups is 3. The summed E-state index contributed by atoms with van der Waals surface area (Å²) in [4.78, 5) is 39.0. The molecule has 1 saturated heterocycles. The lowest BCUT2D eigenvalue weighted by atomic mass is 9.97. The van der Waals surface area contributed by atoms with Crippen molar-refractivity contribution in [3.05, 3.63) is 24.3 Å². The highest BCUT2D eigenvalue weighted by atomic mass is 16.5. The molecule has 0 atom stereocenters. The molecule has 1 aliphatic heterocycles. The summed E-state index contributed by atoms with van der Waals surface area (Å²) in [5.74, 6) is 0.0898. The normalized spacial score (nSPS) is 18.8. The SMILES string of the molecule is CCOC(=O)C1CC[NH+](CC(=O)N(C)CC(=O)Nc2cccc(OC)c2)CC1. The lowest BCUT2D eigenvalue weighted by Gasteiger charge is -2.28. The van der Waals surface area contributed by atoms with E-state index in [4.69, 9.17) is 9.47 Å². The van der Waals surface area contributed by atoms with Crippen LogP contribution in [0.15, 0.2) is 24.3 Å². The van der Waals surface area contributed by atoms with Crippen LogP contribution in [0, 0.1) is 5.92 Å². The fourth-order valence-corrected chi connectivity index (χ4v) is 3.25. The van der Waals surface area contributed by atoms with Crippen molar-refractivity contribution < 1.29 is 28.8 Å². The maximum absolute atomic E-state index is 12.4. The number of quaternary nitrogens is 1. The second-order valence-electron chi connectivity index (χ2n) is 6.98. The maximum Gasteiger partial charge on any atom is 0.309 e. The van der Waals surface area contributed by atoms with E-state index in [2.05, 4.69) is 5.32 Å². The van der Waals surface area contributed by atoms with E-state index in [1.165, 1.54) is 4.90 Å². The van der Waals surface area contributed by atoms with Crippen LogP contribution in [-0.2, 0) is 19.1 Å². The third-order valence-corrected chi connectivity index (χ3v) is 4.87. The standard InChI is InChI=1S/C20H29N3O5/c1-4-28-20(26)15-8-10-23(11-9-15)14-19(25)22(2)13-18(24)21-16-6-5-7-17(12-16)27-3/h5-7,12,15H,4,8-11,13-14H2,1-3H3,(H,21,24)/p+1. The molecule has 2 amide bonds. The molecule has 0 aromatic heterocycles. The van der Waals surface area contributed by atoms with E-state index in [0.717, 1.165) is 30.8 Å². The Kier molecular flexibility index (Phi) is 8.25. The molecule has 0 unspecified atom stereocenters. The fraction of sp³-hybridized carbons (Fsp3) is 0.550. The van der Waals surface area contributed by atoms with Crippen LogP contribution in [0.25, 0.3) is 0 Å². The van der Waals surface area contributed by atoms with Crippen LogP contribution in [0.4, 0.5) is 5.69 Å². The number of nitrogens with zero attached hydrogens (tertiary/aromatic N) is 1. The zero-order chi connectivity index (χ0) is 20.5. The summed E-state index contributed by atoms with van der Waals surface area (Å²) in [6.07, 6.45) is 1.45. The van der Waals surface area contributed by atoms with Gasteiger partial charge in [0.1, 0.15) is 5.75 Å². The molecule has 1 aromatic carbocycles. The Hall–Kier alpha value is -2.61. The zero-order valence-electron chi connectivity index (χ0n) is 16.8. The number of esters is 1. The Bertz CT molecular complexity index is 686. The van der Waals surface area contributed by atoms with Gasteiger partial charge in [-0.15, -0.1) is 0 Å². The van der Waals surface area contributed by atoms with Crippen molar-refractivity contribution in [2.24, 2.45) is 5.92 Å². The first-order valence-electron chi connectivity index (χ1n) is 9.61. The molecule has 8 heteroatoms. The number of amides is 2. The molecule has 0 radical (unpaired) electrons. The molecule has 1 fully saturated rings. The monoisotopic (exact) mass is 392 g/mol. The second kappa shape index (κ2) is 10.7. The molecule has 28 heavy (non-hydrogen) atoms. The van der Waals surface area contributed by atoms with Crippen molar-refractivity contribution in [2.45, 2.75) is 19.8 Å². The number of nitrogens with one attached hydrogen (secondary N) is 2. The minimum atomic E-state index is -0.264. The Balaban J connectivity index is 1.75. The van der Waals surface area contributed by atoms with E-state index in [1.807, 2.05) is 0 Å². The van der Waals surface area contributed by atoms with Gasteiger partial charge in [0.25, 0.3) is 5.91 Å². The number of benzene rings is 1. The third kappa shape index (κ3) is 6.53. The van der Waals surface area contributed by atoms with Crippen LogP contribution in [0.5, 0.6) is 5.75 Å². The summed E-state index contributed by atoms with van der Waals surface area (Å²) >= 11 is 0. The molecule has 0 aliphatic carbocycles. The number of piperidine rings is 1. The predicted molar refractivity (Wildman–Crippen MR) is 104 cm³/mol. The van der Waals surface area contributed by atoms with E-state index in [-0.39, 0.29) is 30.2 Å². The van der Waals surface area contributed by atoms with Crippen molar-refractivity contribution >= 4 is 23.5 Å². The first-order chi connectivity index (χ1) is 13.4. The van der Waals surface area contributed by atoms with Gasteiger partial charge in [-0.05, 0) is 19.1 Å². The van der Waals surface area contributed by atoms with Gasteiger partial charge in [0.2, 0.25) is 5.91 Å². The molecule has 1 aliphatic rings. The number of ether oxygens (including phenoxy) is 2. The van der Waals surface area contributed by atoms with E-state index in [9.17, 15) is 14.4 Å². The van der Waals surface area contributed by atoms with Gasteiger partial charge in [-0.1, -0.05) is 6.07 Å². The van der Waals surface area contributed by atoms with Gasteiger partial charge in [0.05, 0.1) is 39.3 Å². The van der Waals surface area contributed by atoms with Gasteiger partial charge in [-0.25, -0.2) is 0 Å². The van der Waals surface area contributed by atoms with Crippen LogP contribution in [0.1, 0.15) is 19.8 Å². The minimum absolute atomic E-state index is 0.0191. The highest BCUT2D eigenvalue weighted by Crippen LogP contribution is 2.16. The van der Waals surface area contributed by atoms with Crippen molar-refractivity contribution in [1.82, 2.24) is 4.90 Å². The number of hydrogen-bond donors (Lipinski definition) is 2. The lowest BCUT2D eigenvalue weighted by Crippen LogP contribution is -3.14. The number of methoxy groups -OCH3 is 1. The number of anilines is 1. The van der Waals surface area contributed by atoms with Crippen LogP contribution < -0.4 is 15.0 Å². The lowest BCUT2D eigenvalue weighted by molar-refractivity contribution is -0.898. The largest absolute Gasteiger partial charge is 0.497 e. The van der Waals surface area contributed by atoms with Crippen molar-refractivity contribution in [2.75, 3.05) is 52.3 Å². The first-order valence-corrected chi connectivity index (χ1v) is 9.61. The molecular weight excluding hydrogens is 362 g/mol. The van der Waals surface area contributed by atoms with Crippen molar-refractivity contribution in [3.63, 3.8) is 0 Å². The van der Waals surface area contributed by atoms with Gasteiger partial charge in [0, 0.05) is 31.6 Å². The second-order valence-corrected chi connectivity index (χ2v) is 6.98. The van der Waals surface area contributed by atoms with E-state index < -0.39 is 0 Å². The van der Waals surface area contributed by atoms with Gasteiger partial charge in [0.15, 0.2) is 6.54 Å². The van der Waals surface area contributed by atoms with Crippen LogP contribution in [-0.4, -0.2) is 69.6 Å². The molecule has 2 N–H and O–H groups in total. The van der Waals surface area contributed by atoms with Crippen molar-refractivity contribution in [1.29, 1.82) is 0 Å². The molecule has 8 nitrogen and oxygen atoms in total. The number of likely N-dealkylation sites (tertiary alicyclic amines) is 1. The number of likely N-dealkylation sites (N-methyl/N-ethyl adjacent to an activating group) is 1. The van der Waals surface area contributed by atoms with E-state index in [1.54, 1.807) is 45.3 Å². The Morgan fingerprint density at radius 1 is 1.25 bits per heavy atom. The molecule has 2 rings (SSSR count). The number of carbonyl (C=O) groups excluding carboxylic acids is 3. The van der Waals surface area contributed by atoms with E-state index in [0.29, 0.717) is 24.6 Å². The number of hydrogen-bond acceptors (Lipinski definition) is 5. The Morgan fingerprint density at radius 3 is 2.61 bits per heavy atom. The van der Waals surface area contributed by atoms with Crippen LogP contribution in [0.3, 0.4) is 0 Å². The molecule has 0 bridgehead atoms. The quantitative estimate of drug-likeness (QED) is 0.606. The van der Waals surface area contributed by atoms with Gasteiger partial charge in [-0.2, -0.15) is 0 Å². The van der Waals surface area contributed by atoms with Gasteiger partial charge in [-0.3, -0.25) is 14.4 Å². The van der Waals surface area contributed by atoms with Gasteiger partial charge < -0.3 is 24.6 Å². The minimum Gasteiger partial charge on any atom is -0.497 e. The summed E-state index contributed by atoms with van der Waals surface area (Å²) in [6.45, 7) is 4.00. The molecular formula is C20H30N3O5+. The summed E-state index contributed by atoms with van der Waals surface area (Å²) in [6, 6.07) is 7.06. The zero-order valence-corrected chi connectivity index (χ0v) is 16.8. The molecule has 1 aromatic rings. The van der Waals surface area contributed by atoms with Crippen molar-refractivity contribution in [3.8, 4) is 5.75 Å². The topological polar surface area (TPSA) is 89.4 Å². The summed E-state index contributed by atoms with van der Waals surface area (Å²) < 4.78 is 10.2. The predicted octanol–water partition coefficient (Wildman–Crippen LogP) is -0.0499. The Morgan fingerprint density at radius 2 is 1.96 bits per heavy atom. The number of rotatable bonds is 8. The van der Waals surface area contributed by atoms with Gasteiger partial charge >= 0.3 is 5.97 Å². The highest BCUT2D eigenvalue weighted by Gasteiger charge is 2.30. The van der Waals surface area contributed by atoms with Crippen LogP contribution >= 0.6 is 0 Å². The molecule has 1 heterocycles. The fourth-order valence-electron chi connectivity index (χ4n) is 3.25.